The van der Waals surface area contributed by atoms with Crippen LogP contribution in [-0.2, 0) is 6.54 Å². The molecule has 35 heavy (non-hydrogen) atoms. The number of furan rings is 1. The average molecular weight is 466 g/mol. The molecule has 0 radical (unpaired) electrons. The molecule has 0 saturated heterocycles. The molecule has 0 spiro atoms. The Balaban J connectivity index is 1.39. The van der Waals surface area contributed by atoms with Gasteiger partial charge in [-0.3, -0.25) is 9.59 Å². The van der Waals surface area contributed by atoms with Gasteiger partial charge in [-0.25, -0.2) is 14.5 Å². The normalized spacial score (nSPS) is 11.2. The molecule has 2 heterocycles. The number of halogens is 1. The largest absolute Gasteiger partial charge is 0.455 e. The van der Waals surface area contributed by atoms with Crippen LogP contribution in [0.2, 0.25) is 0 Å². The van der Waals surface area contributed by atoms with Crippen molar-refractivity contribution in [1.82, 2.24) is 15.2 Å². The molecule has 0 aliphatic heterocycles. The van der Waals surface area contributed by atoms with Crippen molar-refractivity contribution in [2.24, 2.45) is 5.10 Å². The maximum Gasteiger partial charge on any atom is 0.292 e. The number of hydrazone groups is 1. The van der Waals surface area contributed by atoms with Crippen LogP contribution in [-0.4, -0.2) is 21.9 Å². The lowest BCUT2D eigenvalue weighted by Crippen LogP contribution is -2.29. The van der Waals surface area contributed by atoms with Crippen molar-refractivity contribution in [1.29, 1.82) is 0 Å². The monoisotopic (exact) mass is 466 g/mol. The van der Waals surface area contributed by atoms with Gasteiger partial charge >= 0.3 is 0 Å². The van der Waals surface area contributed by atoms with Gasteiger partial charge in [0.05, 0.1) is 18.1 Å². The van der Waals surface area contributed by atoms with Crippen LogP contribution in [0.4, 0.5) is 4.39 Å². The van der Waals surface area contributed by atoms with Gasteiger partial charge in [0.25, 0.3) is 11.5 Å². The lowest BCUT2D eigenvalue weighted by atomic mass is 10.1. The van der Waals surface area contributed by atoms with Crippen LogP contribution in [0.1, 0.15) is 21.8 Å². The number of nitrogens with one attached hydrogen (secondary N) is 1. The molecular weight excluding hydrogens is 447 g/mol. The number of amides is 1. The summed E-state index contributed by atoms with van der Waals surface area (Å²) < 4.78 is 20.1. The van der Waals surface area contributed by atoms with Gasteiger partial charge in [-0.15, -0.1) is 0 Å². The first-order valence-electron chi connectivity index (χ1n) is 10.8. The van der Waals surface area contributed by atoms with Gasteiger partial charge in [-0.05, 0) is 48.0 Å². The van der Waals surface area contributed by atoms with Gasteiger partial charge in [0.1, 0.15) is 17.3 Å². The molecule has 8 heteroatoms. The highest BCUT2D eigenvalue weighted by atomic mass is 19.1. The van der Waals surface area contributed by atoms with Gasteiger partial charge in [0.2, 0.25) is 0 Å². The summed E-state index contributed by atoms with van der Waals surface area (Å²) in [5.74, 6) is 0.0422. The van der Waals surface area contributed by atoms with E-state index in [4.69, 9.17) is 4.42 Å². The van der Waals surface area contributed by atoms with Crippen LogP contribution in [0.3, 0.4) is 0 Å². The minimum Gasteiger partial charge on any atom is -0.455 e. The Morgan fingerprint density at radius 3 is 2.43 bits per heavy atom. The Hall–Kier alpha value is -4.85. The van der Waals surface area contributed by atoms with Gasteiger partial charge < -0.3 is 4.42 Å². The molecule has 3 aromatic carbocycles. The Kier molecular flexibility index (Phi) is 6.00. The summed E-state index contributed by atoms with van der Waals surface area (Å²) in [6, 6.07) is 25.6. The minimum atomic E-state index is -0.565. The number of fused-ring (bicyclic) bond motifs is 1. The third-order valence-electron chi connectivity index (χ3n) is 5.37. The van der Waals surface area contributed by atoms with E-state index in [0.29, 0.717) is 27.9 Å². The van der Waals surface area contributed by atoms with E-state index < -0.39 is 5.91 Å². The highest BCUT2D eigenvalue weighted by Gasteiger charge is 2.16. The smallest absolute Gasteiger partial charge is 0.292 e. The molecule has 0 saturated carbocycles. The third kappa shape index (κ3) is 4.77. The molecule has 5 aromatic rings. The fourth-order valence-electron chi connectivity index (χ4n) is 3.67. The second-order valence-corrected chi connectivity index (χ2v) is 7.75. The SMILES string of the molecule is O=C(N/N=C/c1ccc(-c2ccc(F)cc2)o1)c1nn(Cc2ccccc2)c(=O)c2ccccc12. The predicted molar refractivity (Wildman–Crippen MR) is 131 cm³/mol. The quantitative estimate of drug-likeness (QED) is 0.292. The van der Waals surface area contributed by atoms with Crippen LogP contribution in [0.25, 0.3) is 22.1 Å². The molecule has 0 atom stereocenters. The minimum absolute atomic E-state index is 0.0831. The lowest BCUT2D eigenvalue weighted by Gasteiger charge is -2.10. The average Bonchev–Trinajstić information content (AvgIpc) is 3.35. The zero-order valence-corrected chi connectivity index (χ0v) is 18.4. The molecule has 0 aliphatic carbocycles. The topological polar surface area (TPSA) is 89.5 Å². The summed E-state index contributed by atoms with van der Waals surface area (Å²) >= 11 is 0. The number of aromatic nitrogens is 2. The molecular formula is C27H19FN4O3. The Morgan fingerprint density at radius 1 is 0.943 bits per heavy atom. The van der Waals surface area contributed by atoms with Crippen LogP contribution in [0.15, 0.2) is 105 Å². The fraction of sp³-hybridized carbons (Fsp3) is 0.0370. The summed E-state index contributed by atoms with van der Waals surface area (Å²) in [5, 5.41) is 9.14. The number of nitrogens with zero attached hydrogens (tertiary/aromatic N) is 3. The van der Waals surface area contributed by atoms with Crippen molar-refractivity contribution in [2.75, 3.05) is 0 Å². The van der Waals surface area contributed by atoms with Crippen molar-refractivity contribution in [2.45, 2.75) is 6.54 Å². The second-order valence-electron chi connectivity index (χ2n) is 7.75. The zero-order chi connectivity index (χ0) is 24.2. The van der Waals surface area contributed by atoms with Crippen molar-refractivity contribution in [3.63, 3.8) is 0 Å². The van der Waals surface area contributed by atoms with E-state index in [-0.39, 0.29) is 23.6 Å². The number of carbonyl (C=O) groups is 1. The van der Waals surface area contributed by atoms with Gasteiger partial charge in [-0.1, -0.05) is 48.5 Å². The molecule has 1 amide bonds. The van der Waals surface area contributed by atoms with E-state index in [1.165, 1.54) is 23.0 Å². The summed E-state index contributed by atoms with van der Waals surface area (Å²) in [6.07, 6.45) is 1.35. The summed E-state index contributed by atoms with van der Waals surface area (Å²) in [4.78, 5) is 25.9. The third-order valence-corrected chi connectivity index (χ3v) is 5.37. The first kappa shape index (κ1) is 22.0. The fourth-order valence-corrected chi connectivity index (χ4v) is 3.67. The van der Waals surface area contributed by atoms with Gasteiger partial charge in [0, 0.05) is 10.9 Å². The molecule has 0 aliphatic rings. The van der Waals surface area contributed by atoms with Gasteiger partial charge in [-0.2, -0.15) is 10.2 Å². The van der Waals surface area contributed by atoms with E-state index in [0.717, 1.165) is 5.56 Å². The highest BCUT2D eigenvalue weighted by Crippen LogP contribution is 2.21. The summed E-state index contributed by atoms with van der Waals surface area (Å²) in [5.41, 5.74) is 3.85. The maximum atomic E-state index is 13.1. The first-order chi connectivity index (χ1) is 17.1. The molecule has 5 rings (SSSR count). The number of carbonyl (C=O) groups excluding carboxylic acids is 1. The zero-order valence-electron chi connectivity index (χ0n) is 18.4. The molecule has 7 nitrogen and oxygen atoms in total. The Labute approximate surface area is 199 Å². The number of hydrogen-bond donors (Lipinski definition) is 1. The lowest BCUT2D eigenvalue weighted by molar-refractivity contribution is 0.0949. The van der Waals surface area contributed by atoms with Crippen molar-refractivity contribution in [3.8, 4) is 11.3 Å². The number of hydrogen-bond acceptors (Lipinski definition) is 5. The predicted octanol–water partition coefficient (Wildman–Crippen LogP) is 4.61. The Morgan fingerprint density at radius 2 is 1.66 bits per heavy atom. The Bertz CT molecular complexity index is 1590. The number of rotatable bonds is 6. The molecule has 0 unspecified atom stereocenters. The summed E-state index contributed by atoms with van der Waals surface area (Å²) in [6.45, 7) is 0.229. The second kappa shape index (κ2) is 9.56. The van der Waals surface area contributed by atoms with E-state index in [2.05, 4.69) is 15.6 Å². The van der Waals surface area contributed by atoms with Crippen LogP contribution >= 0.6 is 0 Å². The summed E-state index contributed by atoms with van der Waals surface area (Å²) in [7, 11) is 0. The van der Waals surface area contributed by atoms with Gasteiger partial charge in [0.15, 0.2) is 5.69 Å². The standard InChI is InChI=1S/C27H19FN4O3/c28-20-12-10-19(11-13-20)24-15-14-21(35-24)16-29-30-26(33)25-22-8-4-5-9-23(22)27(34)32(31-25)17-18-6-2-1-3-7-18/h1-16H,17H2,(H,30,33)/b29-16+. The van der Waals surface area contributed by atoms with Crippen LogP contribution in [0.5, 0.6) is 0 Å². The molecule has 172 valence electrons. The van der Waals surface area contributed by atoms with E-state index in [1.807, 2.05) is 30.3 Å². The molecule has 0 bridgehead atoms. The van der Waals surface area contributed by atoms with E-state index >= 15 is 0 Å². The highest BCUT2D eigenvalue weighted by molar-refractivity contribution is 6.04. The van der Waals surface area contributed by atoms with Crippen LogP contribution in [0, 0.1) is 5.82 Å². The maximum absolute atomic E-state index is 13.1. The van der Waals surface area contributed by atoms with Crippen molar-refractivity contribution >= 4 is 22.9 Å². The van der Waals surface area contributed by atoms with Crippen molar-refractivity contribution in [3.05, 3.63) is 124 Å². The van der Waals surface area contributed by atoms with Crippen LogP contribution < -0.4 is 11.0 Å². The molecule has 2 aromatic heterocycles. The molecule has 0 fully saturated rings. The molecule has 1 N–H and O–H groups in total. The first-order valence-corrected chi connectivity index (χ1v) is 10.8. The number of benzene rings is 3. The van der Waals surface area contributed by atoms with Crippen molar-refractivity contribution < 1.29 is 13.6 Å². The van der Waals surface area contributed by atoms with E-state index in [1.54, 1.807) is 48.5 Å². The van der Waals surface area contributed by atoms with E-state index in [9.17, 15) is 14.0 Å².